The van der Waals surface area contributed by atoms with Crippen LogP contribution in [0.15, 0.2) is 4.99 Å². The molecule has 3 aliphatic rings. The summed E-state index contributed by atoms with van der Waals surface area (Å²) in [4.78, 5) is 7.35. The number of nitrogens with two attached hydrogens (primary N) is 1. The highest BCUT2D eigenvalue weighted by molar-refractivity contribution is 5.78. The molecule has 1 heterocycles. The normalized spacial score (nSPS) is 48.8. The van der Waals surface area contributed by atoms with Crippen LogP contribution in [-0.4, -0.2) is 34.9 Å². The van der Waals surface area contributed by atoms with Crippen LogP contribution in [0.1, 0.15) is 33.6 Å². The molecule has 1 aliphatic heterocycles. The molecule has 0 spiro atoms. The quantitative estimate of drug-likeness (QED) is 0.546. The largest absolute Gasteiger partial charge is 0.388 e. The van der Waals surface area contributed by atoms with Gasteiger partial charge in [0.1, 0.15) is 0 Å². The van der Waals surface area contributed by atoms with Gasteiger partial charge in [-0.2, -0.15) is 0 Å². The number of aliphatic imine (C=N–C) groups is 1. The summed E-state index contributed by atoms with van der Waals surface area (Å²) >= 11 is 0. The fourth-order valence-corrected chi connectivity index (χ4v) is 4.23. The average Bonchev–Trinajstić information content (AvgIpc) is 2.23. The van der Waals surface area contributed by atoms with E-state index in [0.717, 1.165) is 23.7 Å². The number of nitrogens with zero attached hydrogens (tertiary/aromatic N) is 2. The molecule has 2 aliphatic carbocycles. The van der Waals surface area contributed by atoms with Crippen molar-refractivity contribution in [3.63, 3.8) is 0 Å². The maximum atomic E-state index is 5.73. The Morgan fingerprint density at radius 3 is 2.80 bits per heavy atom. The predicted octanol–water partition coefficient (Wildman–Crippen LogP) is 1.23. The Balaban J connectivity index is 1.79. The van der Waals surface area contributed by atoms with Crippen LogP contribution in [0.2, 0.25) is 0 Å². The van der Waals surface area contributed by atoms with Gasteiger partial charge in [0.2, 0.25) is 0 Å². The Morgan fingerprint density at radius 1 is 1.47 bits per heavy atom. The van der Waals surface area contributed by atoms with Gasteiger partial charge < -0.3 is 5.73 Å². The van der Waals surface area contributed by atoms with E-state index in [2.05, 4.69) is 23.7 Å². The van der Waals surface area contributed by atoms with E-state index in [-0.39, 0.29) is 5.54 Å². The highest BCUT2D eigenvalue weighted by atomic mass is 15.3. The summed E-state index contributed by atoms with van der Waals surface area (Å²) in [5.74, 6) is 2.52. The van der Waals surface area contributed by atoms with E-state index in [1.54, 1.807) is 0 Å². The van der Waals surface area contributed by atoms with Gasteiger partial charge in [-0.1, -0.05) is 0 Å². The lowest BCUT2D eigenvalue weighted by atomic mass is 9.47. The molecule has 4 unspecified atom stereocenters. The molecule has 0 radical (unpaired) electrons. The molecule has 4 atom stereocenters. The van der Waals surface area contributed by atoms with Crippen LogP contribution in [0.25, 0.3) is 0 Å². The zero-order valence-corrected chi connectivity index (χ0v) is 9.90. The molecule has 2 saturated carbocycles. The van der Waals surface area contributed by atoms with Gasteiger partial charge in [-0.3, -0.25) is 9.89 Å². The van der Waals surface area contributed by atoms with E-state index in [1.165, 1.54) is 19.4 Å². The fourth-order valence-electron chi connectivity index (χ4n) is 4.23. The van der Waals surface area contributed by atoms with E-state index < -0.39 is 0 Å². The van der Waals surface area contributed by atoms with Gasteiger partial charge in [-0.25, -0.2) is 0 Å². The summed E-state index contributed by atoms with van der Waals surface area (Å²) in [6.07, 6.45) is 2.53. The molecular weight excluding hydrogens is 186 g/mol. The Hall–Kier alpha value is -0.570. The molecule has 0 aromatic rings. The molecule has 15 heavy (non-hydrogen) atoms. The van der Waals surface area contributed by atoms with E-state index in [4.69, 9.17) is 5.73 Å². The Morgan fingerprint density at radius 2 is 2.20 bits per heavy atom. The van der Waals surface area contributed by atoms with Gasteiger partial charge in [0.15, 0.2) is 0 Å². The van der Waals surface area contributed by atoms with Crippen LogP contribution in [0, 0.1) is 11.8 Å². The third-order valence-electron chi connectivity index (χ3n) is 4.65. The van der Waals surface area contributed by atoms with E-state index in [9.17, 15) is 0 Å². The minimum atomic E-state index is 0.276. The maximum Gasteiger partial charge on any atom is 0.0912 e. The smallest absolute Gasteiger partial charge is 0.0912 e. The Labute approximate surface area is 91.7 Å². The first-order valence-electron chi connectivity index (χ1n) is 6.11. The summed E-state index contributed by atoms with van der Waals surface area (Å²) in [5.41, 5.74) is 6.00. The summed E-state index contributed by atoms with van der Waals surface area (Å²) < 4.78 is 0. The Bertz CT molecular complexity index is 319. The second kappa shape index (κ2) is 2.76. The van der Waals surface area contributed by atoms with Crippen molar-refractivity contribution < 1.29 is 0 Å². The number of hydrogen-bond acceptors (Lipinski definition) is 2. The Kier molecular flexibility index (Phi) is 1.77. The highest BCUT2D eigenvalue weighted by Gasteiger charge is 2.70. The average molecular weight is 207 g/mol. The maximum absolute atomic E-state index is 5.73. The van der Waals surface area contributed by atoms with Gasteiger partial charge in [0, 0.05) is 24.5 Å². The molecule has 3 nitrogen and oxygen atoms in total. The van der Waals surface area contributed by atoms with E-state index in [0.29, 0.717) is 6.04 Å². The van der Waals surface area contributed by atoms with Crippen LogP contribution in [0.5, 0.6) is 0 Å². The van der Waals surface area contributed by atoms with Crippen LogP contribution >= 0.6 is 0 Å². The van der Waals surface area contributed by atoms with Crippen LogP contribution in [-0.2, 0) is 0 Å². The molecule has 2 N–H and O–H groups in total. The zero-order valence-electron chi connectivity index (χ0n) is 9.90. The van der Waals surface area contributed by atoms with Gasteiger partial charge >= 0.3 is 0 Å². The van der Waals surface area contributed by atoms with Crippen molar-refractivity contribution in [3.05, 3.63) is 0 Å². The SMILES string of the molecule is CC(N)=NC12CC3CN(C(C)C)C(C1)C32. The predicted molar refractivity (Wildman–Crippen MR) is 61.9 cm³/mol. The molecular formula is C12H21N3. The van der Waals surface area contributed by atoms with Crippen molar-refractivity contribution in [2.45, 2.75) is 51.2 Å². The molecule has 0 bridgehead atoms. The van der Waals surface area contributed by atoms with Crippen molar-refractivity contribution in [2.75, 3.05) is 6.54 Å². The van der Waals surface area contributed by atoms with E-state index >= 15 is 0 Å². The molecule has 1 saturated heterocycles. The van der Waals surface area contributed by atoms with Crippen LogP contribution in [0.3, 0.4) is 0 Å². The number of rotatable bonds is 2. The summed E-state index contributed by atoms with van der Waals surface area (Å²) in [5, 5.41) is 0. The molecule has 3 heteroatoms. The third kappa shape index (κ3) is 1.07. The topological polar surface area (TPSA) is 41.6 Å². The lowest BCUT2D eigenvalue weighted by Crippen LogP contribution is -2.67. The highest BCUT2D eigenvalue weighted by Crippen LogP contribution is 2.65. The number of amidine groups is 1. The first-order valence-corrected chi connectivity index (χ1v) is 6.11. The summed E-state index contributed by atoms with van der Waals surface area (Å²) in [6, 6.07) is 1.51. The van der Waals surface area contributed by atoms with Crippen molar-refractivity contribution in [1.29, 1.82) is 0 Å². The van der Waals surface area contributed by atoms with Crippen LogP contribution < -0.4 is 5.73 Å². The zero-order chi connectivity index (χ0) is 10.8. The first kappa shape index (κ1) is 9.64. The van der Waals surface area contributed by atoms with Gasteiger partial charge in [-0.05, 0) is 39.5 Å². The lowest BCUT2D eigenvalue weighted by molar-refractivity contribution is -0.0554. The first-order chi connectivity index (χ1) is 7.03. The molecule has 3 rings (SSSR count). The van der Waals surface area contributed by atoms with Crippen molar-refractivity contribution in [2.24, 2.45) is 22.6 Å². The molecule has 3 fully saturated rings. The van der Waals surface area contributed by atoms with E-state index in [1.807, 2.05) is 6.92 Å². The summed E-state index contributed by atoms with van der Waals surface area (Å²) in [6.45, 7) is 7.84. The number of hydrogen-bond donors (Lipinski definition) is 1. The summed E-state index contributed by atoms with van der Waals surface area (Å²) in [7, 11) is 0. The molecule has 0 aromatic carbocycles. The third-order valence-corrected chi connectivity index (χ3v) is 4.65. The minimum absolute atomic E-state index is 0.276. The molecule has 0 aromatic heterocycles. The van der Waals surface area contributed by atoms with Gasteiger partial charge in [0.05, 0.1) is 11.4 Å². The molecule has 84 valence electrons. The van der Waals surface area contributed by atoms with Crippen molar-refractivity contribution >= 4 is 5.84 Å². The van der Waals surface area contributed by atoms with Gasteiger partial charge in [-0.15, -0.1) is 0 Å². The second-order valence-corrected chi connectivity index (χ2v) is 5.91. The standard InChI is InChI=1S/C12H21N3/c1-7(2)15-6-9-4-12(14-8(3)13)5-10(15)11(9)12/h7,9-11H,4-6H2,1-3H3,(H2,13,14). The lowest BCUT2D eigenvalue weighted by Gasteiger charge is -2.61. The molecule has 0 amide bonds. The van der Waals surface area contributed by atoms with Crippen LogP contribution in [0.4, 0.5) is 0 Å². The number of likely N-dealkylation sites (tertiary alicyclic amines) is 1. The second-order valence-electron chi connectivity index (χ2n) is 5.91. The monoisotopic (exact) mass is 207 g/mol. The van der Waals surface area contributed by atoms with Crippen molar-refractivity contribution in [1.82, 2.24) is 4.90 Å². The van der Waals surface area contributed by atoms with Crippen molar-refractivity contribution in [3.8, 4) is 0 Å². The minimum Gasteiger partial charge on any atom is -0.388 e. The fraction of sp³-hybridized carbons (Fsp3) is 0.917. The van der Waals surface area contributed by atoms with Gasteiger partial charge in [0.25, 0.3) is 0 Å².